The molecule has 2 aliphatic rings. The maximum absolute atomic E-state index is 12.6. The molecule has 0 atom stereocenters. The largest absolute Gasteiger partial charge is 0.481 e. The van der Waals surface area contributed by atoms with Crippen LogP contribution in [-0.4, -0.2) is 40.9 Å². The number of amides is 2. The molecule has 2 amide bonds. The van der Waals surface area contributed by atoms with Crippen molar-refractivity contribution in [1.82, 2.24) is 4.90 Å². The van der Waals surface area contributed by atoms with E-state index in [2.05, 4.69) is 5.32 Å². The smallest absolute Gasteiger partial charge is 0.306 e. The van der Waals surface area contributed by atoms with E-state index in [0.717, 1.165) is 25.7 Å². The van der Waals surface area contributed by atoms with E-state index in [1.807, 2.05) is 0 Å². The van der Waals surface area contributed by atoms with Crippen LogP contribution < -0.4 is 5.32 Å². The van der Waals surface area contributed by atoms with E-state index in [1.165, 1.54) is 19.3 Å². The minimum atomic E-state index is -0.781. The molecule has 1 aliphatic heterocycles. The Morgan fingerprint density at radius 1 is 0.821 bits per heavy atom. The maximum Gasteiger partial charge on any atom is 0.306 e. The van der Waals surface area contributed by atoms with Gasteiger partial charge in [0.2, 0.25) is 5.91 Å². The van der Waals surface area contributed by atoms with Gasteiger partial charge in [-0.05, 0) is 49.9 Å². The monoisotopic (exact) mass is 386 g/mol. The SMILES string of the molecule is O=C(O)C1CCN(C(=O)c2ccc(NC(=O)C3CCCCCCC3)cc2)CC1. The molecule has 0 unspecified atom stereocenters. The molecule has 0 spiro atoms. The quantitative estimate of drug-likeness (QED) is 0.821. The summed E-state index contributed by atoms with van der Waals surface area (Å²) < 4.78 is 0. The summed E-state index contributed by atoms with van der Waals surface area (Å²) in [5, 5.41) is 12.1. The van der Waals surface area contributed by atoms with Gasteiger partial charge in [0, 0.05) is 30.3 Å². The standard InChI is InChI=1S/C22H30N2O4/c25-20(16-6-4-2-1-3-5-7-16)23-19-10-8-17(9-11-19)21(26)24-14-12-18(13-15-24)22(27)28/h8-11,16,18H,1-7,12-15H2,(H,23,25)(H,27,28). The number of hydrogen-bond donors (Lipinski definition) is 2. The Morgan fingerprint density at radius 3 is 1.96 bits per heavy atom. The minimum absolute atomic E-state index is 0.0803. The molecular formula is C22H30N2O4. The van der Waals surface area contributed by atoms with E-state index < -0.39 is 5.97 Å². The molecule has 1 saturated heterocycles. The van der Waals surface area contributed by atoms with Gasteiger partial charge in [-0.3, -0.25) is 14.4 Å². The molecule has 1 heterocycles. The van der Waals surface area contributed by atoms with Crippen molar-refractivity contribution in [3.63, 3.8) is 0 Å². The summed E-state index contributed by atoms with van der Waals surface area (Å²) in [6, 6.07) is 7.02. The fourth-order valence-electron chi connectivity index (χ4n) is 4.17. The van der Waals surface area contributed by atoms with Crippen LogP contribution in [0.1, 0.15) is 68.1 Å². The second-order valence-electron chi connectivity index (χ2n) is 8.01. The minimum Gasteiger partial charge on any atom is -0.481 e. The van der Waals surface area contributed by atoms with Crippen molar-refractivity contribution in [1.29, 1.82) is 0 Å². The Kier molecular flexibility index (Phi) is 7.06. The third-order valence-electron chi connectivity index (χ3n) is 6.01. The number of hydrogen-bond acceptors (Lipinski definition) is 3. The molecule has 2 N–H and O–H groups in total. The fraction of sp³-hybridized carbons (Fsp3) is 0.591. The maximum atomic E-state index is 12.6. The van der Waals surface area contributed by atoms with Gasteiger partial charge in [0.15, 0.2) is 0 Å². The molecule has 2 fully saturated rings. The van der Waals surface area contributed by atoms with E-state index in [1.54, 1.807) is 29.2 Å². The molecule has 1 saturated carbocycles. The molecule has 1 aromatic carbocycles. The first kappa shape index (κ1) is 20.4. The average molecular weight is 386 g/mol. The van der Waals surface area contributed by atoms with Crippen LogP contribution >= 0.6 is 0 Å². The second kappa shape index (κ2) is 9.71. The van der Waals surface area contributed by atoms with Gasteiger partial charge in [0.05, 0.1) is 5.92 Å². The highest BCUT2D eigenvalue weighted by molar-refractivity contribution is 5.96. The number of nitrogens with zero attached hydrogens (tertiary/aromatic N) is 1. The van der Waals surface area contributed by atoms with Gasteiger partial charge in [-0.2, -0.15) is 0 Å². The predicted molar refractivity (Wildman–Crippen MR) is 107 cm³/mol. The number of likely N-dealkylation sites (tertiary alicyclic amines) is 1. The number of piperidine rings is 1. The number of rotatable bonds is 4. The lowest BCUT2D eigenvalue weighted by atomic mass is 9.90. The van der Waals surface area contributed by atoms with E-state index in [4.69, 9.17) is 5.11 Å². The number of carbonyl (C=O) groups is 3. The summed E-state index contributed by atoms with van der Waals surface area (Å²) in [6.45, 7) is 0.936. The lowest BCUT2D eigenvalue weighted by Gasteiger charge is -2.30. The van der Waals surface area contributed by atoms with Crippen molar-refractivity contribution < 1.29 is 19.5 Å². The highest BCUT2D eigenvalue weighted by Crippen LogP contribution is 2.24. The first-order valence-electron chi connectivity index (χ1n) is 10.5. The Labute approximate surface area is 166 Å². The Bertz CT molecular complexity index is 685. The van der Waals surface area contributed by atoms with E-state index in [9.17, 15) is 14.4 Å². The third kappa shape index (κ3) is 5.33. The van der Waals surface area contributed by atoms with Crippen molar-refractivity contribution in [2.45, 2.75) is 57.8 Å². The zero-order chi connectivity index (χ0) is 19.9. The number of anilines is 1. The van der Waals surface area contributed by atoms with Gasteiger partial charge in [-0.25, -0.2) is 0 Å². The highest BCUT2D eigenvalue weighted by atomic mass is 16.4. The first-order chi connectivity index (χ1) is 13.5. The van der Waals surface area contributed by atoms with Crippen LogP contribution in [-0.2, 0) is 9.59 Å². The summed E-state index contributed by atoms with van der Waals surface area (Å²) in [5.74, 6) is -1.05. The van der Waals surface area contributed by atoms with Crippen molar-refractivity contribution in [3.05, 3.63) is 29.8 Å². The fourth-order valence-corrected chi connectivity index (χ4v) is 4.17. The molecule has 3 rings (SSSR count). The number of carboxylic acids is 1. The van der Waals surface area contributed by atoms with E-state index in [0.29, 0.717) is 37.2 Å². The van der Waals surface area contributed by atoms with Crippen LogP contribution in [0.4, 0.5) is 5.69 Å². The van der Waals surface area contributed by atoms with Crippen LogP contribution in [0.3, 0.4) is 0 Å². The van der Waals surface area contributed by atoms with Gasteiger partial charge in [0.25, 0.3) is 5.91 Å². The van der Waals surface area contributed by atoms with Gasteiger partial charge >= 0.3 is 5.97 Å². The molecule has 6 heteroatoms. The normalized spacial score (nSPS) is 19.5. The van der Waals surface area contributed by atoms with Crippen LogP contribution in [0.2, 0.25) is 0 Å². The van der Waals surface area contributed by atoms with Crippen molar-refractivity contribution in [2.75, 3.05) is 18.4 Å². The van der Waals surface area contributed by atoms with Crippen LogP contribution in [0.25, 0.3) is 0 Å². The summed E-state index contributed by atoms with van der Waals surface area (Å²) >= 11 is 0. The zero-order valence-corrected chi connectivity index (χ0v) is 16.4. The van der Waals surface area contributed by atoms with E-state index >= 15 is 0 Å². The summed E-state index contributed by atoms with van der Waals surface area (Å²) in [5.41, 5.74) is 1.28. The van der Waals surface area contributed by atoms with E-state index in [-0.39, 0.29) is 23.7 Å². The molecule has 28 heavy (non-hydrogen) atoms. The predicted octanol–water partition coefficient (Wildman–Crippen LogP) is 3.92. The van der Waals surface area contributed by atoms with Crippen molar-refractivity contribution in [2.24, 2.45) is 11.8 Å². The van der Waals surface area contributed by atoms with Gasteiger partial charge in [0.1, 0.15) is 0 Å². The number of benzene rings is 1. The van der Waals surface area contributed by atoms with Gasteiger partial charge in [-0.1, -0.05) is 32.1 Å². The summed E-state index contributed by atoms with van der Waals surface area (Å²) in [7, 11) is 0. The lowest BCUT2D eigenvalue weighted by Crippen LogP contribution is -2.40. The summed E-state index contributed by atoms with van der Waals surface area (Å²) in [6.07, 6.45) is 8.83. The summed E-state index contributed by atoms with van der Waals surface area (Å²) in [4.78, 5) is 37.9. The lowest BCUT2D eigenvalue weighted by molar-refractivity contribution is -0.143. The molecule has 1 aliphatic carbocycles. The number of carboxylic acid groups (broad SMARTS) is 1. The third-order valence-corrected chi connectivity index (χ3v) is 6.01. The highest BCUT2D eigenvalue weighted by Gasteiger charge is 2.27. The van der Waals surface area contributed by atoms with Crippen LogP contribution in [0.15, 0.2) is 24.3 Å². The molecule has 152 valence electrons. The van der Waals surface area contributed by atoms with Crippen LogP contribution in [0, 0.1) is 11.8 Å². The number of aliphatic carboxylic acids is 1. The van der Waals surface area contributed by atoms with Crippen molar-refractivity contribution >= 4 is 23.5 Å². The first-order valence-corrected chi connectivity index (χ1v) is 10.5. The molecular weight excluding hydrogens is 356 g/mol. The Hall–Kier alpha value is -2.37. The van der Waals surface area contributed by atoms with Crippen molar-refractivity contribution in [3.8, 4) is 0 Å². The van der Waals surface area contributed by atoms with Crippen LogP contribution in [0.5, 0.6) is 0 Å². The number of nitrogens with one attached hydrogen (secondary N) is 1. The Balaban J connectivity index is 1.53. The van der Waals surface area contributed by atoms with Gasteiger partial charge < -0.3 is 15.3 Å². The Morgan fingerprint density at radius 2 is 1.39 bits per heavy atom. The molecule has 0 aromatic heterocycles. The zero-order valence-electron chi connectivity index (χ0n) is 16.4. The topological polar surface area (TPSA) is 86.7 Å². The molecule has 0 bridgehead atoms. The van der Waals surface area contributed by atoms with Gasteiger partial charge in [-0.15, -0.1) is 0 Å². The second-order valence-corrected chi connectivity index (χ2v) is 8.01. The molecule has 1 aromatic rings. The molecule has 0 radical (unpaired) electrons. The molecule has 6 nitrogen and oxygen atoms in total. The number of carbonyl (C=O) groups excluding carboxylic acids is 2. The average Bonchev–Trinajstić information content (AvgIpc) is 2.68.